The van der Waals surface area contributed by atoms with E-state index in [1.807, 2.05) is 63.9 Å². The number of hydrogen-bond donors (Lipinski definition) is 2. The zero-order chi connectivity index (χ0) is 20.8. The highest BCUT2D eigenvalue weighted by atomic mass is 16.1. The van der Waals surface area contributed by atoms with Crippen LogP contribution in [0, 0.1) is 11.8 Å². The quantitative estimate of drug-likeness (QED) is 0.601. The van der Waals surface area contributed by atoms with Gasteiger partial charge in [0.1, 0.15) is 0 Å². The lowest BCUT2D eigenvalue weighted by atomic mass is 9.93. The van der Waals surface area contributed by atoms with Gasteiger partial charge in [-0.15, -0.1) is 0 Å². The topological polar surface area (TPSA) is 74.6 Å². The number of guanidine groups is 1. The van der Waals surface area contributed by atoms with Gasteiger partial charge in [0.05, 0.1) is 12.4 Å². The van der Waals surface area contributed by atoms with Gasteiger partial charge in [-0.1, -0.05) is 32.9 Å². The van der Waals surface area contributed by atoms with Crippen molar-refractivity contribution in [2.24, 2.45) is 16.8 Å². The molecule has 1 aliphatic rings. The number of rotatable bonds is 5. The highest BCUT2D eigenvalue weighted by Crippen LogP contribution is 2.27. The molecule has 0 aliphatic carbocycles. The van der Waals surface area contributed by atoms with Crippen molar-refractivity contribution < 1.29 is 4.79 Å². The Balaban J connectivity index is 1.57. The molecule has 156 valence electrons. The summed E-state index contributed by atoms with van der Waals surface area (Å²) in [5.41, 5.74) is 1.97. The van der Waals surface area contributed by atoms with Crippen LogP contribution in [0.4, 0.5) is 5.69 Å². The molecule has 29 heavy (non-hydrogen) atoms. The molecule has 7 heteroatoms. The first kappa shape index (κ1) is 20.9. The van der Waals surface area contributed by atoms with Crippen molar-refractivity contribution in [3.8, 4) is 0 Å². The van der Waals surface area contributed by atoms with Crippen LogP contribution in [0.1, 0.15) is 38.8 Å². The van der Waals surface area contributed by atoms with Crippen molar-refractivity contribution in [2.75, 3.05) is 25.5 Å². The number of benzene rings is 1. The van der Waals surface area contributed by atoms with Crippen LogP contribution in [0.5, 0.6) is 0 Å². The summed E-state index contributed by atoms with van der Waals surface area (Å²) in [6.07, 6.45) is 6.90. The molecule has 0 bridgehead atoms. The molecular formula is C22H32N6O. The first-order valence-corrected chi connectivity index (χ1v) is 10.3. The average molecular weight is 397 g/mol. The second kappa shape index (κ2) is 9.58. The lowest BCUT2D eigenvalue weighted by Gasteiger charge is -2.39. The van der Waals surface area contributed by atoms with E-state index >= 15 is 0 Å². The van der Waals surface area contributed by atoms with Gasteiger partial charge in [0, 0.05) is 50.7 Å². The molecular weight excluding hydrogens is 364 g/mol. The van der Waals surface area contributed by atoms with E-state index in [1.54, 1.807) is 0 Å². The molecule has 2 aromatic rings. The number of anilines is 1. The fourth-order valence-electron chi connectivity index (χ4n) is 3.60. The Labute approximate surface area is 173 Å². The summed E-state index contributed by atoms with van der Waals surface area (Å²) in [4.78, 5) is 22.8. The van der Waals surface area contributed by atoms with Gasteiger partial charge in [-0.25, -0.2) is 4.98 Å². The van der Waals surface area contributed by atoms with E-state index in [9.17, 15) is 4.79 Å². The van der Waals surface area contributed by atoms with Crippen LogP contribution in [-0.2, 0) is 11.3 Å². The van der Waals surface area contributed by atoms with Gasteiger partial charge in [0.15, 0.2) is 5.96 Å². The Morgan fingerprint density at radius 3 is 2.69 bits per heavy atom. The third-order valence-electron chi connectivity index (χ3n) is 5.53. The number of nitrogens with zero attached hydrogens (tertiary/aromatic N) is 4. The lowest BCUT2D eigenvalue weighted by molar-refractivity contribution is -0.118. The highest BCUT2D eigenvalue weighted by molar-refractivity contribution is 5.92. The molecule has 7 nitrogen and oxygen atoms in total. The number of amides is 1. The van der Waals surface area contributed by atoms with Crippen molar-refractivity contribution in [1.82, 2.24) is 19.8 Å². The van der Waals surface area contributed by atoms with Crippen LogP contribution in [0.25, 0.3) is 0 Å². The van der Waals surface area contributed by atoms with Gasteiger partial charge in [0.2, 0.25) is 5.91 Å². The number of imidazole rings is 1. The number of aliphatic imine (C=N–C) groups is 1. The van der Waals surface area contributed by atoms with Crippen LogP contribution >= 0.6 is 0 Å². The van der Waals surface area contributed by atoms with E-state index in [2.05, 4.69) is 37.0 Å². The minimum Gasteiger partial charge on any atom is -0.352 e. The zero-order valence-corrected chi connectivity index (χ0v) is 17.8. The van der Waals surface area contributed by atoms with Crippen molar-refractivity contribution in [1.29, 1.82) is 0 Å². The Hall–Kier alpha value is -2.83. The molecule has 2 atom stereocenters. The number of nitrogens with one attached hydrogen (secondary N) is 2. The predicted molar refractivity (Wildman–Crippen MR) is 117 cm³/mol. The molecule has 3 rings (SSSR count). The molecule has 0 saturated carbocycles. The smallest absolute Gasteiger partial charge is 0.226 e. The van der Waals surface area contributed by atoms with E-state index in [-0.39, 0.29) is 11.8 Å². The monoisotopic (exact) mass is 396 g/mol. The molecule has 1 saturated heterocycles. The minimum absolute atomic E-state index is 0.0296. The standard InChI is InChI=1S/C22H32N6O/c1-16(2)21(29)26-19-7-5-18(6-8-19)13-25-22(23-4)27-11-9-17(3)20(14-27)28-12-10-24-15-28/h5-8,10,12,15-17,20H,9,11,13-14H2,1-4H3,(H,23,25)(H,26,29). The molecule has 2 heterocycles. The number of hydrogen-bond acceptors (Lipinski definition) is 3. The van der Waals surface area contributed by atoms with Crippen molar-refractivity contribution in [3.63, 3.8) is 0 Å². The summed E-state index contributed by atoms with van der Waals surface area (Å²) in [5.74, 6) is 1.52. The summed E-state index contributed by atoms with van der Waals surface area (Å²) in [6, 6.07) is 8.34. The Bertz CT molecular complexity index is 812. The number of aromatic nitrogens is 2. The molecule has 1 fully saturated rings. The van der Waals surface area contributed by atoms with Gasteiger partial charge >= 0.3 is 0 Å². The fraction of sp³-hybridized carbons (Fsp3) is 0.500. The molecule has 0 radical (unpaired) electrons. The summed E-state index contributed by atoms with van der Waals surface area (Å²) in [7, 11) is 1.83. The first-order chi connectivity index (χ1) is 14.0. The second-order valence-electron chi connectivity index (χ2n) is 8.03. The van der Waals surface area contributed by atoms with E-state index < -0.39 is 0 Å². The van der Waals surface area contributed by atoms with Crippen molar-refractivity contribution in [3.05, 3.63) is 48.5 Å². The SMILES string of the molecule is CN=C(NCc1ccc(NC(=O)C(C)C)cc1)N1CCC(C)C(n2ccnc2)C1. The van der Waals surface area contributed by atoms with Gasteiger partial charge in [0.25, 0.3) is 0 Å². The van der Waals surface area contributed by atoms with E-state index in [0.29, 0.717) is 18.5 Å². The maximum absolute atomic E-state index is 11.8. The molecule has 1 aliphatic heterocycles. The van der Waals surface area contributed by atoms with Crippen LogP contribution in [0.15, 0.2) is 48.0 Å². The molecule has 2 unspecified atom stereocenters. The molecule has 1 aromatic carbocycles. The largest absolute Gasteiger partial charge is 0.352 e. The van der Waals surface area contributed by atoms with Crippen LogP contribution < -0.4 is 10.6 Å². The average Bonchev–Trinajstić information content (AvgIpc) is 3.25. The summed E-state index contributed by atoms with van der Waals surface area (Å²) in [6.45, 7) is 8.67. The Morgan fingerprint density at radius 1 is 1.31 bits per heavy atom. The summed E-state index contributed by atoms with van der Waals surface area (Å²) < 4.78 is 2.20. The van der Waals surface area contributed by atoms with E-state index in [0.717, 1.165) is 36.7 Å². The molecule has 1 amide bonds. The number of likely N-dealkylation sites (tertiary alicyclic amines) is 1. The fourth-order valence-corrected chi connectivity index (χ4v) is 3.60. The van der Waals surface area contributed by atoms with Gasteiger partial charge in [-0.2, -0.15) is 0 Å². The first-order valence-electron chi connectivity index (χ1n) is 10.3. The zero-order valence-electron chi connectivity index (χ0n) is 17.8. The van der Waals surface area contributed by atoms with Gasteiger partial charge in [-0.3, -0.25) is 9.79 Å². The summed E-state index contributed by atoms with van der Waals surface area (Å²) >= 11 is 0. The van der Waals surface area contributed by atoms with E-state index in [1.165, 1.54) is 0 Å². The number of piperidine rings is 1. The second-order valence-corrected chi connectivity index (χ2v) is 8.03. The van der Waals surface area contributed by atoms with Gasteiger partial charge in [-0.05, 0) is 30.0 Å². The van der Waals surface area contributed by atoms with Crippen LogP contribution in [0.2, 0.25) is 0 Å². The third-order valence-corrected chi connectivity index (χ3v) is 5.53. The van der Waals surface area contributed by atoms with Crippen molar-refractivity contribution in [2.45, 2.75) is 39.8 Å². The Kier molecular flexibility index (Phi) is 6.90. The van der Waals surface area contributed by atoms with E-state index in [4.69, 9.17) is 0 Å². The number of carbonyl (C=O) groups excluding carboxylic acids is 1. The highest BCUT2D eigenvalue weighted by Gasteiger charge is 2.28. The summed E-state index contributed by atoms with van der Waals surface area (Å²) in [5, 5.41) is 6.40. The maximum atomic E-state index is 11.8. The molecule has 1 aromatic heterocycles. The molecule has 0 spiro atoms. The van der Waals surface area contributed by atoms with Crippen LogP contribution in [-0.4, -0.2) is 46.5 Å². The van der Waals surface area contributed by atoms with Gasteiger partial charge < -0.3 is 20.1 Å². The number of carbonyl (C=O) groups is 1. The van der Waals surface area contributed by atoms with Crippen LogP contribution in [0.3, 0.4) is 0 Å². The maximum Gasteiger partial charge on any atom is 0.226 e. The molecule has 2 N–H and O–H groups in total. The normalized spacial score (nSPS) is 20.0. The minimum atomic E-state index is -0.0296. The lowest BCUT2D eigenvalue weighted by Crippen LogP contribution is -2.48. The van der Waals surface area contributed by atoms with Crippen molar-refractivity contribution >= 4 is 17.6 Å². The Morgan fingerprint density at radius 2 is 2.07 bits per heavy atom. The third kappa shape index (κ3) is 5.37. The predicted octanol–water partition coefficient (Wildman–Crippen LogP) is 3.14.